The number of hydrogen-bond acceptors (Lipinski definition) is 4. The maximum Gasteiger partial charge on any atom is 0.303 e. The molecule has 0 saturated heterocycles. The molecule has 6 aromatic rings. The van der Waals surface area contributed by atoms with Gasteiger partial charge in [0.1, 0.15) is 11.5 Å². The number of nitrogens with one attached hydrogen (secondary N) is 2. The van der Waals surface area contributed by atoms with Gasteiger partial charge in [0.25, 0.3) is 0 Å². The molecule has 8 nitrogen and oxygen atoms in total. The molecule has 0 saturated carbocycles. The second-order valence-corrected chi connectivity index (χ2v) is 16.7. The van der Waals surface area contributed by atoms with E-state index in [0.29, 0.717) is 22.3 Å². The maximum absolute atomic E-state index is 12.5. The summed E-state index contributed by atoms with van der Waals surface area (Å²) in [6.07, 6.45) is -0.397. The van der Waals surface area contributed by atoms with E-state index in [2.05, 4.69) is 63.6 Å². The molecule has 0 aliphatic rings. The Morgan fingerprint density at radius 2 is 0.943 bits per heavy atom. The number of aromatic amines is 2. The van der Waals surface area contributed by atoms with Crippen molar-refractivity contribution >= 4 is 33.7 Å². The number of phenolic OH excluding ortho intramolecular Hbond substituents is 2. The van der Waals surface area contributed by atoms with Gasteiger partial charge in [0.05, 0.1) is 11.4 Å². The van der Waals surface area contributed by atoms with Crippen LogP contribution in [-0.2, 0) is 25.8 Å². The van der Waals surface area contributed by atoms with E-state index in [0.717, 1.165) is 55.4 Å². The molecule has 0 bridgehead atoms. The smallest absolute Gasteiger partial charge is 0.303 e. The van der Waals surface area contributed by atoms with Crippen LogP contribution in [0.5, 0.6) is 11.5 Å². The van der Waals surface area contributed by atoms with E-state index in [1.807, 2.05) is 50.2 Å². The van der Waals surface area contributed by atoms with E-state index in [1.54, 1.807) is 24.3 Å². The Hall–Kier alpha value is -5.50. The molecule has 0 unspecified atom stereocenters. The molecule has 2 heterocycles. The summed E-state index contributed by atoms with van der Waals surface area (Å²) in [6.45, 7) is 16.9. The highest BCUT2D eigenvalue weighted by atomic mass is 16.4. The Labute approximate surface area is 310 Å². The largest absolute Gasteiger partial charge is 0.508 e. The predicted octanol–water partition coefficient (Wildman–Crippen LogP) is 10.6. The van der Waals surface area contributed by atoms with Crippen molar-refractivity contribution in [1.29, 1.82) is 0 Å². The summed E-state index contributed by atoms with van der Waals surface area (Å²) >= 11 is 0. The Bertz CT molecular complexity index is 2210. The molecule has 0 radical (unpaired) electrons. The van der Waals surface area contributed by atoms with Crippen molar-refractivity contribution in [3.63, 3.8) is 0 Å². The first-order valence-electron chi connectivity index (χ1n) is 18.2. The number of aromatic hydroxyl groups is 2. The van der Waals surface area contributed by atoms with Crippen molar-refractivity contribution in [2.45, 2.75) is 97.3 Å². The summed E-state index contributed by atoms with van der Waals surface area (Å²) in [4.78, 5) is 32.4. The molecule has 8 heteroatoms. The number of hydrogen-bond donors (Lipinski definition) is 6. The number of benzene rings is 4. The molecule has 2 aromatic heterocycles. The highest BCUT2D eigenvalue weighted by molar-refractivity contribution is 5.95. The molecule has 0 aliphatic carbocycles. The van der Waals surface area contributed by atoms with Crippen molar-refractivity contribution in [3.05, 3.63) is 106 Å². The van der Waals surface area contributed by atoms with E-state index in [-0.39, 0.29) is 48.0 Å². The van der Waals surface area contributed by atoms with Gasteiger partial charge in [-0.25, -0.2) is 0 Å². The van der Waals surface area contributed by atoms with Crippen LogP contribution in [0.3, 0.4) is 0 Å². The van der Waals surface area contributed by atoms with Crippen molar-refractivity contribution in [1.82, 2.24) is 9.97 Å². The van der Waals surface area contributed by atoms with Gasteiger partial charge in [0.2, 0.25) is 0 Å². The quantitative estimate of drug-likeness (QED) is 0.0832. The number of carbonyl (C=O) groups is 2. The van der Waals surface area contributed by atoms with E-state index in [9.17, 15) is 30.0 Å². The van der Waals surface area contributed by atoms with E-state index in [4.69, 9.17) is 0 Å². The van der Waals surface area contributed by atoms with E-state index < -0.39 is 17.4 Å². The first-order valence-corrected chi connectivity index (χ1v) is 18.2. The van der Waals surface area contributed by atoms with Gasteiger partial charge in [-0.15, -0.1) is 0 Å². The number of fused-ring (bicyclic) bond motifs is 2. The standard InChI is InChI=1S/C45H50N2O6/c1-25-9-15-35-31(21-25)39(43(3,4)5)41(46-35)29-23-27(48)11-13-33(29)45(19-17-37(50)51,20-18-38(52)53)34-14-12-28(49)24-30(34)42-40(44(6,7)8)32-22-26(2)10-16-36(32)47-42/h9-16,21-24,46-49H,17-20H2,1-8H3,(H,50,51)(H,52,53). The van der Waals surface area contributed by atoms with Gasteiger partial charge in [0.15, 0.2) is 0 Å². The van der Waals surface area contributed by atoms with Crippen molar-refractivity contribution in [2.24, 2.45) is 0 Å². The number of carboxylic acids is 2. The number of phenols is 2. The van der Waals surface area contributed by atoms with Crippen LogP contribution in [0.1, 0.15) is 101 Å². The molecule has 6 N–H and O–H groups in total. The lowest BCUT2D eigenvalue weighted by molar-refractivity contribution is -0.137. The van der Waals surface area contributed by atoms with Gasteiger partial charge in [-0.05, 0) is 108 Å². The number of carboxylic acid groups (broad SMARTS) is 2. The van der Waals surface area contributed by atoms with Gasteiger partial charge in [0, 0.05) is 51.2 Å². The van der Waals surface area contributed by atoms with Crippen LogP contribution < -0.4 is 0 Å². The molecular weight excluding hydrogens is 665 g/mol. The number of aliphatic carboxylic acids is 2. The predicted molar refractivity (Wildman–Crippen MR) is 212 cm³/mol. The second-order valence-electron chi connectivity index (χ2n) is 16.7. The van der Waals surface area contributed by atoms with E-state index >= 15 is 0 Å². The van der Waals surface area contributed by atoms with Gasteiger partial charge >= 0.3 is 11.9 Å². The van der Waals surface area contributed by atoms with Crippen molar-refractivity contribution < 1.29 is 30.0 Å². The average molecular weight is 715 g/mol. The highest BCUT2D eigenvalue weighted by Crippen LogP contribution is 2.52. The molecule has 4 aromatic carbocycles. The molecule has 6 rings (SSSR count). The zero-order valence-electron chi connectivity index (χ0n) is 31.9. The minimum absolute atomic E-state index is 0.0238. The topological polar surface area (TPSA) is 147 Å². The lowest BCUT2D eigenvalue weighted by Gasteiger charge is -2.38. The molecule has 0 amide bonds. The molecule has 276 valence electrons. The lowest BCUT2D eigenvalue weighted by atomic mass is 9.64. The Morgan fingerprint density at radius 1 is 0.566 bits per heavy atom. The minimum atomic E-state index is -1.21. The summed E-state index contributed by atoms with van der Waals surface area (Å²) in [5.41, 5.74) is 8.37. The van der Waals surface area contributed by atoms with E-state index in [1.165, 1.54) is 0 Å². The fourth-order valence-electron chi connectivity index (χ4n) is 8.34. The highest BCUT2D eigenvalue weighted by Gasteiger charge is 2.41. The fourth-order valence-corrected chi connectivity index (χ4v) is 8.34. The zero-order valence-corrected chi connectivity index (χ0v) is 31.9. The Balaban J connectivity index is 1.78. The maximum atomic E-state index is 12.5. The summed E-state index contributed by atoms with van der Waals surface area (Å²) in [5, 5.41) is 44.9. The van der Waals surface area contributed by atoms with Crippen LogP contribution in [-0.4, -0.2) is 42.3 Å². The van der Waals surface area contributed by atoms with Crippen molar-refractivity contribution in [2.75, 3.05) is 0 Å². The molecule has 0 fully saturated rings. The first-order chi connectivity index (χ1) is 24.8. The fraction of sp³-hybridized carbons (Fsp3) is 0.333. The lowest BCUT2D eigenvalue weighted by Crippen LogP contribution is -2.32. The van der Waals surface area contributed by atoms with Crippen LogP contribution in [0.2, 0.25) is 0 Å². The second kappa shape index (κ2) is 13.5. The third kappa shape index (κ3) is 7.02. The van der Waals surface area contributed by atoms with Crippen LogP contribution >= 0.6 is 0 Å². The number of H-pyrrole nitrogens is 2. The SMILES string of the molecule is Cc1ccc2[nH]c(-c3cc(O)ccc3C(CCC(=O)O)(CCC(=O)O)c3ccc(O)cc3-c3[nH]c4ccc(C)cc4c3C(C)(C)C)c(C(C)(C)C)c2c1. The molecule has 0 aliphatic heterocycles. The van der Waals surface area contributed by atoms with Gasteiger partial charge in [-0.3, -0.25) is 9.59 Å². The summed E-state index contributed by atoms with van der Waals surface area (Å²) in [7, 11) is 0. The van der Waals surface area contributed by atoms with Crippen molar-refractivity contribution in [3.8, 4) is 34.0 Å². The van der Waals surface area contributed by atoms with Gasteiger partial charge in [-0.1, -0.05) is 76.9 Å². The Kier molecular flexibility index (Phi) is 9.48. The monoisotopic (exact) mass is 714 g/mol. The van der Waals surface area contributed by atoms with Crippen LogP contribution in [0, 0.1) is 13.8 Å². The molecule has 0 spiro atoms. The van der Waals surface area contributed by atoms with Crippen LogP contribution in [0.4, 0.5) is 0 Å². The third-order valence-corrected chi connectivity index (χ3v) is 10.5. The molecule has 0 atom stereocenters. The normalized spacial score (nSPS) is 12.5. The van der Waals surface area contributed by atoms with Gasteiger partial charge in [-0.2, -0.15) is 0 Å². The molecule has 53 heavy (non-hydrogen) atoms. The number of rotatable bonds is 10. The summed E-state index contributed by atoms with van der Waals surface area (Å²) < 4.78 is 0. The summed E-state index contributed by atoms with van der Waals surface area (Å²) in [6, 6.07) is 22.6. The number of aromatic nitrogens is 2. The third-order valence-electron chi connectivity index (χ3n) is 10.5. The van der Waals surface area contributed by atoms with Crippen LogP contribution in [0.15, 0.2) is 72.8 Å². The summed E-state index contributed by atoms with van der Waals surface area (Å²) in [5.74, 6) is -1.98. The minimum Gasteiger partial charge on any atom is -0.508 e. The van der Waals surface area contributed by atoms with Gasteiger partial charge < -0.3 is 30.4 Å². The molecular formula is C45H50N2O6. The first kappa shape index (κ1) is 37.3. The van der Waals surface area contributed by atoms with Crippen LogP contribution in [0.25, 0.3) is 44.3 Å². The zero-order chi connectivity index (χ0) is 38.6. The Morgan fingerprint density at radius 3 is 1.28 bits per heavy atom. The number of aryl methyl sites for hydroxylation is 2. The average Bonchev–Trinajstić information content (AvgIpc) is 3.64.